The van der Waals surface area contributed by atoms with Crippen molar-refractivity contribution < 1.29 is 14.8 Å². The number of hydrogen-bond donors (Lipinski definition) is 0. The van der Waals surface area contributed by atoms with E-state index >= 15 is 0 Å². The topological polar surface area (TPSA) is 74.0 Å². The lowest BCUT2D eigenvalue weighted by Crippen LogP contribution is -2.07. The van der Waals surface area contributed by atoms with Gasteiger partial charge in [0.1, 0.15) is 6.26 Å². The summed E-state index contributed by atoms with van der Waals surface area (Å²) in [4.78, 5) is 18.2. The van der Waals surface area contributed by atoms with E-state index in [1.54, 1.807) is 0 Å². The number of allylic oxidation sites excluding steroid dienone is 2. The van der Waals surface area contributed by atoms with E-state index in [0.29, 0.717) is 0 Å². The van der Waals surface area contributed by atoms with Crippen LogP contribution in [0, 0.1) is 10.1 Å². The molecule has 0 radical (unpaired) electrons. The van der Waals surface area contributed by atoms with Crippen LogP contribution in [0.2, 0.25) is 0 Å². The molecular formula is C5H4N2O4. The summed E-state index contributed by atoms with van der Waals surface area (Å²) in [5, 5.41) is 12.1. The van der Waals surface area contributed by atoms with Gasteiger partial charge in [0.05, 0.1) is 0 Å². The molecule has 0 saturated carbocycles. The van der Waals surface area contributed by atoms with Gasteiger partial charge in [-0.2, -0.15) is 0 Å². The predicted molar refractivity (Wildman–Crippen MR) is 34.9 cm³/mol. The van der Waals surface area contributed by atoms with Crippen molar-refractivity contribution in [2.24, 2.45) is 5.16 Å². The van der Waals surface area contributed by atoms with Crippen molar-refractivity contribution in [1.82, 2.24) is 0 Å². The molecule has 0 amide bonds. The quantitative estimate of drug-likeness (QED) is 0.411. The summed E-state index contributed by atoms with van der Waals surface area (Å²) in [6.45, 7) is 0. The van der Waals surface area contributed by atoms with Crippen molar-refractivity contribution in [3.63, 3.8) is 0 Å². The summed E-state index contributed by atoms with van der Waals surface area (Å²) in [5.74, 6) is -0.194. The molecule has 1 heterocycles. The largest absolute Gasteiger partial charge is 0.363 e. The highest BCUT2D eigenvalue weighted by molar-refractivity contribution is 5.87. The van der Waals surface area contributed by atoms with Crippen LogP contribution in [-0.2, 0) is 9.68 Å². The van der Waals surface area contributed by atoms with Crippen LogP contribution in [-0.4, -0.2) is 11.0 Å². The van der Waals surface area contributed by atoms with Gasteiger partial charge >= 0.3 is 5.09 Å². The summed E-state index contributed by atoms with van der Waals surface area (Å²) in [6.07, 6.45) is 5.62. The molecule has 0 aromatic heterocycles. The third kappa shape index (κ3) is 2.48. The van der Waals surface area contributed by atoms with Crippen LogP contribution >= 0.6 is 0 Å². The lowest BCUT2D eigenvalue weighted by atomic mass is 10.5. The van der Waals surface area contributed by atoms with Gasteiger partial charge in [0, 0.05) is 0 Å². The van der Waals surface area contributed by atoms with Crippen LogP contribution in [0.1, 0.15) is 0 Å². The summed E-state index contributed by atoms with van der Waals surface area (Å²) in [6, 6.07) is 0. The molecule has 0 aromatic carbocycles. The van der Waals surface area contributed by atoms with Crippen molar-refractivity contribution >= 4 is 5.90 Å². The molecule has 1 aliphatic rings. The van der Waals surface area contributed by atoms with Crippen molar-refractivity contribution in [3.8, 4) is 0 Å². The maximum Gasteiger partial charge on any atom is 0.301 e. The Morgan fingerprint density at radius 3 is 3.18 bits per heavy atom. The second-order valence-corrected chi connectivity index (χ2v) is 1.54. The van der Waals surface area contributed by atoms with Gasteiger partial charge in [-0.1, -0.05) is 11.2 Å². The van der Waals surface area contributed by atoms with Crippen molar-refractivity contribution in [3.05, 3.63) is 34.6 Å². The van der Waals surface area contributed by atoms with Crippen LogP contribution in [0.3, 0.4) is 0 Å². The molecule has 6 nitrogen and oxygen atoms in total. The molecule has 1 rings (SSSR count). The zero-order valence-corrected chi connectivity index (χ0v) is 5.34. The first-order valence-electron chi connectivity index (χ1n) is 2.68. The summed E-state index contributed by atoms with van der Waals surface area (Å²) in [7, 11) is 0. The van der Waals surface area contributed by atoms with E-state index < -0.39 is 5.09 Å². The molecule has 58 valence electrons. The van der Waals surface area contributed by atoms with Gasteiger partial charge in [-0.15, -0.1) is 10.1 Å². The minimum absolute atomic E-state index is 0.194. The fraction of sp³-hybridized carbons (Fsp3) is 0. The van der Waals surface area contributed by atoms with E-state index in [4.69, 9.17) is 0 Å². The van der Waals surface area contributed by atoms with Gasteiger partial charge in [-0.05, 0) is 12.2 Å². The van der Waals surface area contributed by atoms with Crippen LogP contribution in [0.5, 0.6) is 0 Å². The minimum atomic E-state index is -0.960. The Morgan fingerprint density at radius 1 is 1.64 bits per heavy atom. The van der Waals surface area contributed by atoms with E-state index in [1.807, 2.05) is 0 Å². The molecule has 6 heteroatoms. The molecule has 0 atom stereocenters. The molecule has 1 aliphatic heterocycles. The summed E-state index contributed by atoms with van der Waals surface area (Å²) in [5.41, 5.74) is 0. The fourth-order valence-electron chi connectivity index (χ4n) is 0.455. The molecule has 0 unspecified atom stereocenters. The Labute approximate surface area is 61.5 Å². The Morgan fingerprint density at radius 2 is 2.45 bits per heavy atom. The molecule has 0 spiro atoms. The maximum absolute atomic E-state index is 9.77. The average Bonchev–Trinajstić information content (AvgIpc) is 2.14. The normalized spacial score (nSPS) is 14.7. The Hall–Kier alpha value is -1.85. The Kier molecular flexibility index (Phi) is 2.21. The third-order valence-corrected chi connectivity index (χ3v) is 0.800. The number of rotatable bonds is 1. The zero-order chi connectivity index (χ0) is 8.10. The second kappa shape index (κ2) is 3.35. The molecule has 0 fully saturated rings. The van der Waals surface area contributed by atoms with E-state index in [9.17, 15) is 10.1 Å². The SMILES string of the molecule is O=[N+]([O-])OC1=NOC=CC=C1. The highest BCUT2D eigenvalue weighted by atomic mass is 17.0. The van der Waals surface area contributed by atoms with E-state index in [2.05, 4.69) is 14.8 Å². The highest BCUT2D eigenvalue weighted by Gasteiger charge is 2.02. The molecule has 0 aromatic rings. The molecule has 0 N–H and O–H groups in total. The summed E-state index contributed by atoms with van der Waals surface area (Å²) < 4.78 is 0. The minimum Gasteiger partial charge on any atom is -0.363 e. The second-order valence-electron chi connectivity index (χ2n) is 1.54. The number of oxime groups is 1. The van der Waals surface area contributed by atoms with Crippen LogP contribution in [0.25, 0.3) is 0 Å². The monoisotopic (exact) mass is 156 g/mol. The first-order valence-corrected chi connectivity index (χ1v) is 2.68. The standard InChI is InChI=1S/C5H4N2O4/c8-7(9)11-5-3-1-2-4-10-6-5/h1-4H. The lowest BCUT2D eigenvalue weighted by molar-refractivity contribution is -0.723. The third-order valence-electron chi connectivity index (χ3n) is 0.800. The maximum atomic E-state index is 9.77. The Bertz CT molecular complexity index is 243. The molecule has 11 heavy (non-hydrogen) atoms. The number of hydrogen-bond acceptors (Lipinski definition) is 5. The zero-order valence-electron chi connectivity index (χ0n) is 5.34. The smallest absolute Gasteiger partial charge is 0.301 e. The van der Waals surface area contributed by atoms with Crippen LogP contribution < -0.4 is 0 Å². The van der Waals surface area contributed by atoms with Crippen LogP contribution in [0.15, 0.2) is 29.6 Å². The van der Waals surface area contributed by atoms with Crippen molar-refractivity contribution in [1.29, 1.82) is 0 Å². The first kappa shape index (κ1) is 7.26. The van der Waals surface area contributed by atoms with Gasteiger partial charge in [-0.25, -0.2) is 0 Å². The van der Waals surface area contributed by atoms with E-state index in [0.717, 1.165) is 0 Å². The van der Waals surface area contributed by atoms with E-state index in [1.165, 1.54) is 24.5 Å². The molecular weight excluding hydrogens is 152 g/mol. The Balaban J connectivity index is 2.58. The predicted octanol–water partition coefficient (Wildman–Crippen LogP) is 0.608. The van der Waals surface area contributed by atoms with Gasteiger partial charge in [0.2, 0.25) is 0 Å². The van der Waals surface area contributed by atoms with Gasteiger partial charge < -0.3 is 4.84 Å². The highest BCUT2D eigenvalue weighted by Crippen LogP contribution is 1.94. The molecule has 0 saturated heterocycles. The van der Waals surface area contributed by atoms with Gasteiger partial charge in [0.15, 0.2) is 0 Å². The first-order chi connectivity index (χ1) is 5.29. The molecule has 0 bridgehead atoms. The van der Waals surface area contributed by atoms with Crippen molar-refractivity contribution in [2.75, 3.05) is 0 Å². The summed E-state index contributed by atoms with van der Waals surface area (Å²) >= 11 is 0. The number of nitrogens with zero attached hydrogens (tertiary/aromatic N) is 2. The van der Waals surface area contributed by atoms with E-state index in [-0.39, 0.29) is 5.90 Å². The van der Waals surface area contributed by atoms with Gasteiger partial charge in [-0.3, -0.25) is 4.84 Å². The lowest BCUT2D eigenvalue weighted by Gasteiger charge is -1.93. The molecule has 0 aliphatic carbocycles. The van der Waals surface area contributed by atoms with Gasteiger partial charge in [0.25, 0.3) is 5.90 Å². The van der Waals surface area contributed by atoms with Crippen LogP contribution in [0.4, 0.5) is 0 Å². The fourth-order valence-corrected chi connectivity index (χ4v) is 0.455. The van der Waals surface area contributed by atoms with Crippen molar-refractivity contribution in [2.45, 2.75) is 0 Å². The average molecular weight is 156 g/mol.